The number of halogens is 2. The highest BCUT2D eigenvalue weighted by Gasteiger charge is 2.17. The lowest BCUT2D eigenvalue weighted by Crippen LogP contribution is -2.14. The van der Waals surface area contributed by atoms with Crippen molar-refractivity contribution in [2.24, 2.45) is 0 Å². The first-order valence-electron chi connectivity index (χ1n) is 5.71. The van der Waals surface area contributed by atoms with Gasteiger partial charge in [0.15, 0.2) is 0 Å². The highest BCUT2D eigenvalue weighted by molar-refractivity contribution is 9.10. The second-order valence-corrected chi connectivity index (χ2v) is 5.18. The third kappa shape index (κ3) is 3.01. The molecule has 100 valence electrons. The quantitative estimate of drug-likeness (QED) is 0.929. The fourth-order valence-electron chi connectivity index (χ4n) is 1.51. The second-order valence-electron chi connectivity index (χ2n) is 4.32. The normalized spacial score (nSPS) is 10.8. The molecule has 0 saturated carbocycles. The van der Waals surface area contributed by atoms with Crippen LogP contribution < -0.4 is 5.32 Å². The van der Waals surface area contributed by atoms with Crippen LogP contribution in [0.4, 0.5) is 10.3 Å². The number of benzene rings is 1. The lowest BCUT2D eigenvalue weighted by atomic mass is 10.1. The number of nitrogens with zero attached hydrogens (tertiary/aromatic N) is 1. The number of anilines is 1. The minimum absolute atomic E-state index is 0.0648. The predicted octanol–water partition coefficient (Wildman–Crippen LogP) is 3.95. The van der Waals surface area contributed by atoms with Crippen LogP contribution in [-0.2, 0) is 0 Å². The standard InChI is InChI=1S/C13H12BrFN2O2/c1-7(2)10-6-11(19-17-10)16-13(18)12-8(14)4-3-5-9(12)15/h3-7H,1-2H3,(H,16,18). The van der Waals surface area contributed by atoms with Gasteiger partial charge in [-0.1, -0.05) is 25.1 Å². The summed E-state index contributed by atoms with van der Waals surface area (Å²) >= 11 is 3.14. The molecular formula is C13H12BrFN2O2. The SMILES string of the molecule is CC(C)c1cc(NC(=O)c2c(F)cccc2Br)on1. The van der Waals surface area contributed by atoms with Gasteiger partial charge in [-0.25, -0.2) is 4.39 Å². The van der Waals surface area contributed by atoms with Gasteiger partial charge in [-0.2, -0.15) is 0 Å². The molecule has 2 rings (SSSR count). The van der Waals surface area contributed by atoms with Crippen LogP contribution in [0, 0.1) is 5.82 Å². The van der Waals surface area contributed by atoms with E-state index in [9.17, 15) is 9.18 Å². The zero-order valence-corrected chi connectivity index (χ0v) is 12.0. The molecule has 1 amide bonds. The van der Waals surface area contributed by atoms with E-state index in [1.54, 1.807) is 12.1 Å². The van der Waals surface area contributed by atoms with E-state index in [2.05, 4.69) is 26.4 Å². The molecule has 6 heteroatoms. The molecule has 1 aromatic heterocycles. The van der Waals surface area contributed by atoms with Crippen LogP contribution in [0.1, 0.15) is 35.8 Å². The van der Waals surface area contributed by atoms with Gasteiger partial charge in [-0.15, -0.1) is 0 Å². The Labute approximate surface area is 118 Å². The number of amides is 1. The maximum atomic E-state index is 13.6. The van der Waals surface area contributed by atoms with E-state index in [1.807, 2.05) is 13.8 Å². The molecule has 0 saturated heterocycles. The molecule has 1 aromatic carbocycles. The Morgan fingerprint density at radius 2 is 2.21 bits per heavy atom. The Bertz CT molecular complexity index is 590. The monoisotopic (exact) mass is 326 g/mol. The average Bonchev–Trinajstić information content (AvgIpc) is 2.77. The molecule has 0 atom stereocenters. The number of hydrogen-bond acceptors (Lipinski definition) is 3. The molecule has 1 heterocycles. The summed E-state index contributed by atoms with van der Waals surface area (Å²) in [5.41, 5.74) is 0.660. The number of aromatic nitrogens is 1. The first kappa shape index (κ1) is 13.7. The summed E-state index contributed by atoms with van der Waals surface area (Å²) in [6, 6.07) is 5.95. The Hall–Kier alpha value is -1.69. The predicted molar refractivity (Wildman–Crippen MR) is 72.6 cm³/mol. The first-order valence-corrected chi connectivity index (χ1v) is 6.50. The minimum Gasteiger partial charge on any atom is -0.338 e. The van der Waals surface area contributed by atoms with Crippen LogP contribution in [-0.4, -0.2) is 11.1 Å². The van der Waals surface area contributed by atoms with Gasteiger partial charge >= 0.3 is 0 Å². The summed E-state index contributed by atoms with van der Waals surface area (Å²) in [5.74, 6) is -0.801. The Morgan fingerprint density at radius 3 is 2.79 bits per heavy atom. The highest BCUT2D eigenvalue weighted by atomic mass is 79.9. The topological polar surface area (TPSA) is 55.1 Å². The van der Waals surface area contributed by atoms with Crippen LogP contribution in [0.15, 0.2) is 33.3 Å². The molecule has 0 radical (unpaired) electrons. The average molecular weight is 327 g/mol. The zero-order valence-electron chi connectivity index (χ0n) is 10.4. The lowest BCUT2D eigenvalue weighted by Gasteiger charge is -2.04. The van der Waals surface area contributed by atoms with Gasteiger partial charge in [0.1, 0.15) is 5.82 Å². The fourth-order valence-corrected chi connectivity index (χ4v) is 2.03. The van der Waals surface area contributed by atoms with Crippen LogP contribution in [0.2, 0.25) is 0 Å². The minimum atomic E-state index is -0.601. The molecule has 4 nitrogen and oxygen atoms in total. The van der Waals surface area contributed by atoms with Crippen LogP contribution in [0.25, 0.3) is 0 Å². The van der Waals surface area contributed by atoms with Crippen molar-refractivity contribution in [1.29, 1.82) is 0 Å². The van der Waals surface area contributed by atoms with Gasteiger partial charge in [0.25, 0.3) is 5.91 Å². The fraction of sp³-hybridized carbons (Fsp3) is 0.231. The summed E-state index contributed by atoms with van der Waals surface area (Å²) in [7, 11) is 0. The summed E-state index contributed by atoms with van der Waals surface area (Å²) in [4.78, 5) is 12.0. The van der Waals surface area contributed by atoms with Crippen molar-refractivity contribution in [2.45, 2.75) is 19.8 Å². The van der Waals surface area contributed by atoms with Crippen molar-refractivity contribution in [1.82, 2.24) is 5.16 Å². The van der Waals surface area contributed by atoms with Crippen molar-refractivity contribution in [2.75, 3.05) is 5.32 Å². The largest absolute Gasteiger partial charge is 0.338 e. The van der Waals surface area contributed by atoms with E-state index < -0.39 is 11.7 Å². The summed E-state index contributed by atoms with van der Waals surface area (Å²) < 4.78 is 19.0. The number of carbonyl (C=O) groups excluding carboxylic acids is 1. The third-order valence-electron chi connectivity index (χ3n) is 2.55. The van der Waals surface area contributed by atoms with Gasteiger partial charge in [0, 0.05) is 10.5 Å². The maximum absolute atomic E-state index is 13.6. The Morgan fingerprint density at radius 1 is 1.47 bits per heavy atom. The highest BCUT2D eigenvalue weighted by Crippen LogP contribution is 2.22. The van der Waals surface area contributed by atoms with Crippen LogP contribution in [0.3, 0.4) is 0 Å². The van der Waals surface area contributed by atoms with Crippen molar-refractivity contribution < 1.29 is 13.7 Å². The van der Waals surface area contributed by atoms with Crippen molar-refractivity contribution in [3.05, 3.63) is 45.8 Å². The van der Waals surface area contributed by atoms with E-state index in [0.29, 0.717) is 4.47 Å². The second kappa shape index (κ2) is 5.52. The van der Waals surface area contributed by atoms with Gasteiger partial charge in [0.05, 0.1) is 11.3 Å². The molecule has 0 aliphatic heterocycles. The molecule has 2 aromatic rings. The molecule has 0 spiro atoms. The third-order valence-corrected chi connectivity index (χ3v) is 3.21. The molecule has 0 unspecified atom stereocenters. The Balaban J connectivity index is 2.21. The smallest absolute Gasteiger partial charge is 0.262 e. The number of rotatable bonds is 3. The lowest BCUT2D eigenvalue weighted by molar-refractivity contribution is 0.101. The van der Waals surface area contributed by atoms with Gasteiger partial charge in [-0.05, 0) is 34.0 Å². The molecule has 0 aliphatic rings. The van der Waals surface area contributed by atoms with Crippen molar-refractivity contribution in [3.63, 3.8) is 0 Å². The van der Waals surface area contributed by atoms with Crippen molar-refractivity contribution in [3.8, 4) is 0 Å². The summed E-state index contributed by atoms with van der Waals surface area (Å²) in [6.45, 7) is 3.91. The van der Waals surface area contributed by atoms with Gasteiger partial charge in [-0.3, -0.25) is 10.1 Å². The van der Waals surface area contributed by atoms with Crippen molar-refractivity contribution >= 4 is 27.7 Å². The van der Waals surface area contributed by atoms with E-state index in [4.69, 9.17) is 4.52 Å². The first-order chi connectivity index (χ1) is 8.99. The van der Waals surface area contributed by atoms with E-state index in [-0.39, 0.29) is 17.4 Å². The van der Waals surface area contributed by atoms with E-state index in [1.165, 1.54) is 12.1 Å². The summed E-state index contributed by atoms with van der Waals surface area (Å²) in [6.07, 6.45) is 0. The molecule has 0 aliphatic carbocycles. The Kier molecular flexibility index (Phi) is 3.99. The number of carbonyl (C=O) groups is 1. The number of hydrogen-bond donors (Lipinski definition) is 1. The van der Waals surface area contributed by atoms with Gasteiger partial charge in [0.2, 0.25) is 5.88 Å². The molecule has 0 bridgehead atoms. The molecule has 19 heavy (non-hydrogen) atoms. The maximum Gasteiger partial charge on any atom is 0.262 e. The molecule has 0 fully saturated rings. The van der Waals surface area contributed by atoms with Crippen LogP contribution in [0.5, 0.6) is 0 Å². The number of nitrogens with one attached hydrogen (secondary N) is 1. The molecular weight excluding hydrogens is 315 g/mol. The van der Waals surface area contributed by atoms with Gasteiger partial charge < -0.3 is 4.52 Å². The van der Waals surface area contributed by atoms with E-state index in [0.717, 1.165) is 5.69 Å². The summed E-state index contributed by atoms with van der Waals surface area (Å²) in [5, 5.41) is 6.29. The van der Waals surface area contributed by atoms with E-state index >= 15 is 0 Å². The zero-order chi connectivity index (χ0) is 14.0. The van der Waals surface area contributed by atoms with Crippen LogP contribution >= 0.6 is 15.9 Å². The molecule has 1 N–H and O–H groups in total.